The first-order valence-corrected chi connectivity index (χ1v) is 30.8. The van der Waals surface area contributed by atoms with Gasteiger partial charge in [0, 0.05) is 114 Å². The van der Waals surface area contributed by atoms with Gasteiger partial charge in [-0.25, -0.2) is 4.98 Å². The first kappa shape index (κ1) is 66.1. The van der Waals surface area contributed by atoms with Gasteiger partial charge in [-0.2, -0.15) is 0 Å². The van der Waals surface area contributed by atoms with E-state index in [9.17, 15) is 47.9 Å². The summed E-state index contributed by atoms with van der Waals surface area (Å²) < 4.78 is 5.88. The molecule has 84 heavy (non-hydrogen) atoms. The zero-order valence-corrected chi connectivity index (χ0v) is 51.2. The van der Waals surface area contributed by atoms with E-state index >= 15 is 0 Å². The van der Waals surface area contributed by atoms with Crippen molar-refractivity contribution in [1.29, 1.82) is 0 Å². The molecule has 24 heteroatoms. The quantitative estimate of drug-likeness (QED) is 0.0236. The number of amides is 9. The third-order valence-electron chi connectivity index (χ3n) is 15.7. The summed E-state index contributed by atoms with van der Waals surface area (Å²) >= 11 is 2.43. The van der Waals surface area contributed by atoms with Crippen molar-refractivity contribution in [2.75, 3.05) is 72.7 Å². The first-order valence-electron chi connectivity index (χ1n) is 28.9. The Balaban J connectivity index is 1.18. The van der Waals surface area contributed by atoms with Crippen molar-refractivity contribution < 1.29 is 52.7 Å². The molecule has 6 rings (SSSR count). The fourth-order valence-corrected chi connectivity index (χ4v) is 12.1. The van der Waals surface area contributed by atoms with Crippen LogP contribution in [-0.4, -0.2) is 202 Å². The number of carbonyl (C=O) groups is 10. The summed E-state index contributed by atoms with van der Waals surface area (Å²) in [7, 11) is 4.99. The lowest BCUT2D eigenvalue weighted by Crippen LogP contribution is -2.59. The number of imide groups is 1. The molecule has 9 atom stereocenters. The molecule has 0 bridgehead atoms. The third kappa shape index (κ3) is 18.5. The fraction of sp³-hybridized carbons (Fsp3) is 0.550. The first-order chi connectivity index (χ1) is 40.1. The number of piperazine rings is 1. The smallest absolute Gasteiger partial charge is 0.303 e. The molecule has 0 radical (unpaired) electrons. The Morgan fingerprint density at radius 1 is 0.821 bits per heavy atom. The summed E-state index contributed by atoms with van der Waals surface area (Å²) in [6.45, 7) is 10.9. The Morgan fingerprint density at radius 2 is 1.44 bits per heavy atom. The van der Waals surface area contributed by atoms with Crippen LogP contribution in [0.2, 0.25) is 0 Å². The van der Waals surface area contributed by atoms with Gasteiger partial charge in [0.15, 0.2) is 6.10 Å². The van der Waals surface area contributed by atoms with Crippen molar-refractivity contribution in [3.63, 3.8) is 0 Å². The number of hydrogen-bond donors (Lipinski definition) is 4. The van der Waals surface area contributed by atoms with E-state index in [1.54, 1.807) is 21.7 Å². The van der Waals surface area contributed by atoms with Crippen LogP contribution in [0.5, 0.6) is 0 Å². The zero-order valence-electron chi connectivity index (χ0n) is 49.5. The molecule has 4 heterocycles. The Hall–Kier alpha value is -7.02. The summed E-state index contributed by atoms with van der Waals surface area (Å²) in [6, 6.07) is 13.5. The summed E-state index contributed by atoms with van der Waals surface area (Å²) in [5.41, 5.74) is 6.65. The van der Waals surface area contributed by atoms with Crippen LogP contribution in [0, 0.1) is 11.8 Å². The van der Waals surface area contributed by atoms with Crippen LogP contribution < -0.4 is 21.7 Å². The number of thiazole rings is 1. The highest BCUT2D eigenvalue weighted by Crippen LogP contribution is 2.32. The molecule has 1 aromatic heterocycles. The second kappa shape index (κ2) is 31.8. The van der Waals surface area contributed by atoms with E-state index in [2.05, 4.69) is 16.0 Å². The van der Waals surface area contributed by atoms with Crippen LogP contribution in [0.3, 0.4) is 0 Å². The predicted octanol–water partition coefficient (Wildman–Crippen LogP) is 3.42. The number of unbranched alkanes of at least 4 members (excludes halogenated alkanes) is 1. The molecule has 5 N–H and O–H groups in total. The van der Waals surface area contributed by atoms with Gasteiger partial charge in [-0.05, 0) is 68.8 Å². The van der Waals surface area contributed by atoms with Gasteiger partial charge in [-0.1, -0.05) is 82.6 Å². The molecule has 2 saturated heterocycles. The Kier molecular flexibility index (Phi) is 25.0. The molecule has 0 aliphatic carbocycles. The molecule has 3 unspecified atom stereocenters. The molecule has 2 fully saturated rings. The molecule has 22 nitrogen and oxygen atoms in total. The Bertz CT molecular complexity index is 2790. The van der Waals surface area contributed by atoms with Gasteiger partial charge in [0.05, 0.1) is 0 Å². The van der Waals surface area contributed by atoms with Gasteiger partial charge in [-0.3, -0.25) is 57.7 Å². The minimum atomic E-state index is -1.17. The molecule has 2 aromatic carbocycles. The van der Waals surface area contributed by atoms with Crippen LogP contribution >= 0.6 is 23.1 Å². The standard InChI is InChI=1S/C60H83N11O11S2/c1-9-39(4)53(65-55(77)47-35-66(47)6)60(81)67(7)46(38(2)3)34-49(82-40(5)72)57-64-45(36-84-57)58(79)68(8)48(37-83-42-21-14-11-15-22-42)56(78)62-43(23-16-17-27-61)54(76)63-44(33-41-19-12-10-13-20-41)59(80)70-31-29-69(30-32-70)50(73)24-18-28-71-51(74)25-26-52(71)75/h10-15,19-22,25-26,36,38-39,43-44,46-49,53H,9,16-18,23-24,27-35,37,61H2,1-8H3,(H,62,78)(H,63,76)(H,65,77)/t39-,43+,44-,46+,47?,48-,49+,53?,66?/m0/s1. The number of aromatic nitrogens is 1. The predicted molar refractivity (Wildman–Crippen MR) is 319 cm³/mol. The van der Waals surface area contributed by atoms with Gasteiger partial charge in [0.25, 0.3) is 17.7 Å². The number of ether oxygens (including phenoxy) is 1. The minimum Gasteiger partial charge on any atom is -0.455 e. The number of rotatable bonds is 31. The van der Waals surface area contributed by atoms with Crippen LogP contribution in [0.15, 0.2) is 83.1 Å². The maximum absolute atomic E-state index is 14.9. The number of likely N-dealkylation sites (N-methyl/N-ethyl adjacent to an activating group) is 3. The lowest BCUT2D eigenvalue weighted by atomic mass is 9.93. The average Bonchev–Trinajstić information content (AvgIpc) is 4.04. The molecule has 0 saturated carbocycles. The second-order valence-corrected chi connectivity index (χ2v) is 24.1. The van der Waals surface area contributed by atoms with Crippen molar-refractivity contribution in [3.8, 4) is 0 Å². The fourth-order valence-electron chi connectivity index (χ4n) is 10.2. The minimum absolute atomic E-state index is 0.0253. The zero-order chi connectivity index (χ0) is 61.2. The number of thioether (sulfide) groups is 1. The number of nitrogens with one attached hydrogen (secondary N) is 3. The van der Waals surface area contributed by atoms with E-state index < -0.39 is 71.8 Å². The van der Waals surface area contributed by atoms with Crippen LogP contribution in [-0.2, 0) is 54.3 Å². The van der Waals surface area contributed by atoms with E-state index in [-0.39, 0.29) is 111 Å². The topological polar surface area (TPSA) is 274 Å². The number of nitrogens with zero attached hydrogens (tertiary/aromatic N) is 7. The van der Waals surface area contributed by atoms with E-state index in [4.69, 9.17) is 15.5 Å². The monoisotopic (exact) mass is 1200 g/mol. The molecule has 456 valence electrons. The molecular weight excluding hydrogens is 1110 g/mol. The number of benzene rings is 2. The Labute approximate surface area is 501 Å². The van der Waals surface area contributed by atoms with Crippen molar-refractivity contribution in [1.82, 2.24) is 50.3 Å². The SMILES string of the molecule is CC[C@H](C)C(NC(=O)C1CN1C)C(=O)N(C)[C@H](C[C@@H](OC(C)=O)c1nc(C(=O)N(C)[C@@H](CSc2ccccc2)C(=O)N[C@H](CCCCN)C(=O)N[C@@H](Cc2ccccc2)C(=O)N2CCN(C(=O)CCCN3C(=O)C=CC3=O)CC2)cs1)C(C)C. The normalized spacial score (nSPS) is 18.2. The number of nitrogens with two attached hydrogens (primary N) is 1. The second-order valence-electron chi connectivity index (χ2n) is 22.1. The largest absolute Gasteiger partial charge is 0.455 e. The van der Waals surface area contributed by atoms with E-state index in [0.717, 1.165) is 26.7 Å². The van der Waals surface area contributed by atoms with Crippen LogP contribution in [0.1, 0.15) is 107 Å². The molecule has 0 spiro atoms. The molecule has 3 aromatic rings. The van der Waals surface area contributed by atoms with Gasteiger partial charge in [0.2, 0.25) is 35.4 Å². The van der Waals surface area contributed by atoms with Crippen molar-refractivity contribution >= 4 is 82.2 Å². The van der Waals surface area contributed by atoms with E-state index in [0.29, 0.717) is 43.8 Å². The number of esters is 1. The highest BCUT2D eigenvalue weighted by atomic mass is 32.2. The van der Waals surface area contributed by atoms with E-state index in [1.807, 2.05) is 100 Å². The van der Waals surface area contributed by atoms with Gasteiger partial charge < -0.3 is 46.0 Å². The molecule has 3 aliphatic rings. The highest BCUT2D eigenvalue weighted by Gasteiger charge is 2.42. The lowest BCUT2D eigenvalue weighted by Gasteiger charge is -2.37. The summed E-state index contributed by atoms with van der Waals surface area (Å²) in [5, 5.41) is 10.7. The summed E-state index contributed by atoms with van der Waals surface area (Å²) in [5.74, 6) is -4.58. The molecular formula is C60H83N11O11S2. The van der Waals surface area contributed by atoms with Crippen molar-refractivity contribution in [2.45, 2.75) is 133 Å². The number of hydrogen-bond acceptors (Lipinski definition) is 16. The third-order valence-corrected chi connectivity index (χ3v) is 17.7. The lowest BCUT2D eigenvalue weighted by molar-refractivity contribution is -0.149. The summed E-state index contributed by atoms with van der Waals surface area (Å²) in [6.07, 6.45) is 3.86. The molecule has 3 aliphatic heterocycles. The van der Waals surface area contributed by atoms with Gasteiger partial charge in [-0.15, -0.1) is 23.1 Å². The van der Waals surface area contributed by atoms with Crippen molar-refractivity contribution in [3.05, 3.63) is 94.5 Å². The average molecular weight is 1200 g/mol. The number of carbonyl (C=O) groups excluding carboxylic acids is 10. The Morgan fingerprint density at radius 3 is 2.04 bits per heavy atom. The van der Waals surface area contributed by atoms with E-state index in [1.165, 1.54) is 48.2 Å². The van der Waals surface area contributed by atoms with Crippen LogP contribution in [0.4, 0.5) is 0 Å². The summed E-state index contributed by atoms with van der Waals surface area (Å²) in [4.78, 5) is 151. The maximum Gasteiger partial charge on any atom is 0.303 e. The molecule has 9 amide bonds. The maximum atomic E-state index is 14.9. The van der Waals surface area contributed by atoms with Crippen molar-refractivity contribution in [2.24, 2.45) is 17.6 Å². The van der Waals surface area contributed by atoms with Gasteiger partial charge in [0.1, 0.15) is 40.9 Å². The highest BCUT2D eigenvalue weighted by molar-refractivity contribution is 7.99. The van der Waals surface area contributed by atoms with Gasteiger partial charge >= 0.3 is 5.97 Å². The van der Waals surface area contributed by atoms with Crippen LogP contribution in [0.25, 0.3) is 0 Å².